The van der Waals surface area contributed by atoms with Crippen LogP contribution in [0.1, 0.15) is 28.5 Å². The van der Waals surface area contributed by atoms with E-state index in [1.165, 1.54) is 7.11 Å². The first-order chi connectivity index (χ1) is 14.1. The molecule has 148 valence electrons. The molecule has 1 aliphatic rings. The van der Waals surface area contributed by atoms with Crippen molar-refractivity contribution < 1.29 is 14.2 Å². The maximum atomic E-state index is 13.2. The molecule has 0 aliphatic carbocycles. The summed E-state index contributed by atoms with van der Waals surface area (Å²) in [6.07, 6.45) is 1.10. The Labute approximate surface area is 169 Å². The molecule has 7 nitrogen and oxygen atoms in total. The maximum absolute atomic E-state index is 13.2. The van der Waals surface area contributed by atoms with Crippen LogP contribution in [0.4, 0.5) is 0 Å². The van der Waals surface area contributed by atoms with E-state index < -0.39 is 0 Å². The van der Waals surface area contributed by atoms with E-state index in [-0.39, 0.29) is 11.9 Å². The summed E-state index contributed by atoms with van der Waals surface area (Å²) in [4.78, 5) is 24.2. The van der Waals surface area contributed by atoms with Gasteiger partial charge < -0.3 is 14.3 Å². The zero-order valence-electron chi connectivity index (χ0n) is 16.4. The number of hydrogen-bond acceptors (Lipinski definition) is 6. The number of carbonyl (C=O) groups is 1. The van der Waals surface area contributed by atoms with Crippen LogP contribution in [-0.2, 0) is 11.3 Å². The van der Waals surface area contributed by atoms with Crippen molar-refractivity contribution in [1.82, 2.24) is 15.0 Å². The highest BCUT2D eigenvalue weighted by Crippen LogP contribution is 2.24. The first-order valence-electron chi connectivity index (χ1n) is 9.48. The first-order valence-corrected chi connectivity index (χ1v) is 9.48. The lowest BCUT2D eigenvalue weighted by Crippen LogP contribution is -2.37. The van der Waals surface area contributed by atoms with Gasteiger partial charge in [0.1, 0.15) is 7.11 Å². The summed E-state index contributed by atoms with van der Waals surface area (Å²) < 4.78 is 5.25. The van der Waals surface area contributed by atoms with Crippen molar-refractivity contribution in [2.45, 2.75) is 25.8 Å². The van der Waals surface area contributed by atoms with E-state index in [4.69, 9.17) is 9.36 Å². The van der Waals surface area contributed by atoms with Gasteiger partial charge >= 0.3 is 0 Å². The summed E-state index contributed by atoms with van der Waals surface area (Å²) in [6.45, 7) is 2.20. The lowest BCUT2D eigenvalue weighted by molar-refractivity contribution is 0.0735. The molecule has 1 amide bonds. The van der Waals surface area contributed by atoms with Crippen LogP contribution in [0, 0.1) is 6.92 Å². The molecule has 1 saturated heterocycles. The van der Waals surface area contributed by atoms with E-state index >= 15 is 0 Å². The van der Waals surface area contributed by atoms with E-state index in [1.807, 2.05) is 54.6 Å². The predicted molar refractivity (Wildman–Crippen MR) is 109 cm³/mol. The Bertz CT molecular complexity index is 1010. The van der Waals surface area contributed by atoms with E-state index in [0.29, 0.717) is 36.7 Å². The molecule has 0 bridgehead atoms. The number of amides is 1. The van der Waals surface area contributed by atoms with Crippen LogP contribution in [0.3, 0.4) is 0 Å². The minimum absolute atomic E-state index is 0.0489. The third kappa shape index (κ3) is 4.18. The number of aryl methyl sites for hydroxylation is 1. The number of rotatable bonds is 5. The number of oxime groups is 1. The Hall–Kier alpha value is -3.48. The van der Waals surface area contributed by atoms with Gasteiger partial charge in [-0.05, 0) is 30.2 Å². The zero-order chi connectivity index (χ0) is 20.2. The normalized spacial score (nSPS) is 17.7. The number of benzene rings is 2. The van der Waals surface area contributed by atoms with E-state index in [9.17, 15) is 4.79 Å². The van der Waals surface area contributed by atoms with Gasteiger partial charge in [0.15, 0.2) is 5.82 Å². The van der Waals surface area contributed by atoms with Crippen molar-refractivity contribution in [3.05, 3.63) is 71.9 Å². The summed E-state index contributed by atoms with van der Waals surface area (Å²) in [7, 11) is 1.51. The third-order valence-corrected chi connectivity index (χ3v) is 4.96. The molecule has 4 rings (SSSR count). The minimum atomic E-state index is -0.106. The Morgan fingerprint density at radius 1 is 1.17 bits per heavy atom. The molecule has 0 radical (unpaired) electrons. The Morgan fingerprint density at radius 2 is 1.90 bits per heavy atom. The van der Waals surface area contributed by atoms with Crippen molar-refractivity contribution >= 4 is 11.6 Å². The molecular weight excluding hydrogens is 368 g/mol. The Balaban J connectivity index is 1.55. The fraction of sp³-hybridized carbons (Fsp3) is 0.273. The lowest BCUT2D eigenvalue weighted by atomic mass is 10.0. The van der Waals surface area contributed by atoms with Gasteiger partial charge in [-0.3, -0.25) is 4.79 Å². The number of carbonyl (C=O) groups excluding carboxylic acids is 1. The predicted octanol–water partition coefficient (Wildman–Crippen LogP) is 3.50. The van der Waals surface area contributed by atoms with Gasteiger partial charge in [-0.1, -0.05) is 52.8 Å². The van der Waals surface area contributed by atoms with Gasteiger partial charge in [0.05, 0.1) is 12.3 Å². The summed E-state index contributed by atoms with van der Waals surface area (Å²) in [5.41, 5.74) is 3.65. The fourth-order valence-electron chi connectivity index (χ4n) is 3.61. The summed E-state index contributed by atoms with van der Waals surface area (Å²) in [5, 5.41) is 7.89. The highest BCUT2D eigenvalue weighted by molar-refractivity contribution is 6.00. The summed E-state index contributed by atoms with van der Waals surface area (Å²) in [6, 6.07) is 17.6. The van der Waals surface area contributed by atoms with Gasteiger partial charge in [0.25, 0.3) is 5.91 Å². The molecule has 1 atom stereocenters. The molecule has 0 saturated carbocycles. The van der Waals surface area contributed by atoms with Crippen LogP contribution in [0.25, 0.3) is 11.1 Å². The van der Waals surface area contributed by atoms with Crippen LogP contribution in [0.2, 0.25) is 0 Å². The molecule has 1 aliphatic heterocycles. The van der Waals surface area contributed by atoms with Crippen LogP contribution in [0.5, 0.6) is 0 Å². The quantitative estimate of drug-likeness (QED) is 0.623. The monoisotopic (exact) mass is 390 g/mol. The minimum Gasteiger partial charge on any atom is -0.399 e. The largest absolute Gasteiger partial charge is 0.399 e. The molecule has 1 unspecified atom stereocenters. The van der Waals surface area contributed by atoms with Gasteiger partial charge in [-0.15, -0.1) is 0 Å². The van der Waals surface area contributed by atoms with Crippen molar-refractivity contribution in [1.29, 1.82) is 0 Å². The molecule has 0 N–H and O–H groups in total. The number of nitrogens with zero attached hydrogens (tertiary/aromatic N) is 4. The van der Waals surface area contributed by atoms with E-state index in [0.717, 1.165) is 16.8 Å². The summed E-state index contributed by atoms with van der Waals surface area (Å²) in [5.74, 6) is 1.05. The van der Waals surface area contributed by atoms with Gasteiger partial charge in [0.2, 0.25) is 5.89 Å². The zero-order valence-corrected chi connectivity index (χ0v) is 16.4. The standard InChI is InChI=1S/C22H22N4O3/c1-15-23-21(29-24-15)13-20-12-19(25-28-2)14-26(20)22(27)18-10-8-17(9-11-18)16-6-4-3-5-7-16/h3-11,20H,12-14H2,1-2H3. The highest BCUT2D eigenvalue weighted by atomic mass is 16.6. The maximum Gasteiger partial charge on any atom is 0.254 e. The van der Waals surface area contributed by atoms with Crippen molar-refractivity contribution in [2.75, 3.05) is 13.7 Å². The third-order valence-electron chi connectivity index (χ3n) is 4.96. The second kappa shape index (κ2) is 8.26. The second-order valence-electron chi connectivity index (χ2n) is 7.01. The molecule has 29 heavy (non-hydrogen) atoms. The molecular formula is C22H22N4O3. The molecule has 3 aromatic rings. The highest BCUT2D eigenvalue weighted by Gasteiger charge is 2.35. The average Bonchev–Trinajstić information content (AvgIpc) is 3.34. The molecule has 7 heteroatoms. The van der Waals surface area contributed by atoms with Crippen molar-refractivity contribution in [3.63, 3.8) is 0 Å². The lowest BCUT2D eigenvalue weighted by Gasteiger charge is -2.23. The number of hydrogen-bond donors (Lipinski definition) is 0. The van der Waals surface area contributed by atoms with Crippen molar-refractivity contribution in [3.8, 4) is 11.1 Å². The fourth-order valence-corrected chi connectivity index (χ4v) is 3.61. The molecule has 2 aromatic carbocycles. The number of aromatic nitrogens is 2. The second-order valence-corrected chi connectivity index (χ2v) is 7.01. The van der Waals surface area contributed by atoms with Crippen LogP contribution < -0.4 is 0 Å². The van der Waals surface area contributed by atoms with Crippen LogP contribution >= 0.6 is 0 Å². The average molecular weight is 390 g/mol. The van der Waals surface area contributed by atoms with Crippen LogP contribution in [-0.4, -0.2) is 46.4 Å². The smallest absolute Gasteiger partial charge is 0.254 e. The molecule has 2 heterocycles. The first kappa shape index (κ1) is 18.9. The van der Waals surface area contributed by atoms with Gasteiger partial charge in [-0.25, -0.2) is 0 Å². The van der Waals surface area contributed by atoms with Gasteiger partial charge in [0, 0.05) is 24.4 Å². The van der Waals surface area contributed by atoms with E-state index in [2.05, 4.69) is 15.3 Å². The molecule has 1 fully saturated rings. The topological polar surface area (TPSA) is 80.8 Å². The van der Waals surface area contributed by atoms with Gasteiger partial charge in [-0.2, -0.15) is 4.98 Å². The Morgan fingerprint density at radius 3 is 2.55 bits per heavy atom. The molecule has 1 aromatic heterocycles. The van der Waals surface area contributed by atoms with Crippen molar-refractivity contribution in [2.24, 2.45) is 5.16 Å². The molecule has 0 spiro atoms. The van der Waals surface area contributed by atoms with E-state index in [1.54, 1.807) is 11.8 Å². The SMILES string of the molecule is CON=C1CC(Cc2nc(C)no2)N(C(=O)c2ccc(-c3ccccc3)cc2)C1. The van der Waals surface area contributed by atoms with Crippen LogP contribution in [0.15, 0.2) is 64.3 Å². The Kier molecular flexibility index (Phi) is 5.37. The number of likely N-dealkylation sites (tertiary alicyclic amines) is 1. The summed E-state index contributed by atoms with van der Waals surface area (Å²) >= 11 is 0.